The molecule has 2 aromatic rings. The lowest BCUT2D eigenvalue weighted by Gasteiger charge is -2.27. The molecule has 1 aromatic carbocycles. The molecule has 0 radical (unpaired) electrons. The SMILES string of the molecule is c1cc(OC2CNC2)c2n[nH]nc2c1. The van der Waals surface area contributed by atoms with Gasteiger partial charge in [0.1, 0.15) is 17.4 Å². The number of aromatic nitrogens is 3. The van der Waals surface area contributed by atoms with Gasteiger partial charge in [-0.25, -0.2) is 0 Å². The van der Waals surface area contributed by atoms with Gasteiger partial charge >= 0.3 is 0 Å². The van der Waals surface area contributed by atoms with E-state index in [-0.39, 0.29) is 6.10 Å². The summed E-state index contributed by atoms with van der Waals surface area (Å²) in [5.74, 6) is 0.808. The summed E-state index contributed by atoms with van der Waals surface area (Å²) in [4.78, 5) is 0. The predicted molar refractivity (Wildman–Crippen MR) is 51.2 cm³/mol. The molecule has 0 amide bonds. The molecule has 72 valence electrons. The van der Waals surface area contributed by atoms with E-state index in [1.807, 2.05) is 18.2 Å². The van der Waals surface area contributed by atoms with Crippen molar-refractivity contribution in [3.8, 4) is 5.75 Å². The van der Waals surface area contributed by atoms with Gasteiger partial charge in [-0.1, -0.05) is 6.07 Å². The summed E-state index contributed by atoms with van der Waals surface area (Å²) in [5, 5.41) is 13.8. The zero-order chi connectivity index (χ0) is 9.38. The topological polar surface area (TPSA) is 62.8 Å². The number of hydrogen-bond donors (Lipinski definition) is 2. The van der Waals surface area contributed by atoms with Crippen LogP contribution in [0.3, 0.4) is 0 Å². The van der Waals surface area contributed by atoms with Crippen molar-refractivity contribution in [3.63, 3.8) is 0 Å². The van der Waals surface area contributed by atoms with Gasteiger partial charge in [0.25, 0.3) is 0 Å². The summed E-state index contributed by atoms with van der Waals surface area (Å²) >= 11 is 0. The van der Waals surface area contributed by atoms with E-state index in [1.54, 1.807) is 0 Å². The van der Waals surface area contributed by atoms with Crippen LogP contribution in [0.2, 0.25) is 0 Å². The van der Waals surface area contributed by atoms with Gasteiger partial charge in [0.05, 0.1) is 0 Å². The molecule has 1 aliphatic heterocycles. The number of H-pyrrole nitrogens is 1. The normalized spacial score (nSPS) is 16.9. The second kappa shape index (κ2) is 2.95. The molecule has 3 rings (SSSR count). The number of fused-ring (bicyclic) bond motifs is 1. The van der Waals surface area contributed by atoms with Gasteiger partial charge in [-0.15, -0.1) is 0 Å². The van der Waals surface area contributed by atoms with Crippen LogP contribution >= 0.6 is 0 Å². The van der Waals surface area contributed by atoms with Gasteiger partial charge in [-0.3, -0.25) is 0 Å². The quantitative estimate of drug-likeness (QED) is 0.715. The van der Waals surface area contributed by atoms with Crippen molar-refractivity contribution in [1.82, 2.24) is 20.7 Å². The molecule has 0 saturated carbocycles. The largest absolute Gasteiger partial charge is 0.485 e. The summed E-state index contributed by atoms with van der Waals surface area (Å²) in [6.45, 7) is 1.82. The Morgan fingerprint density at radius 1 is 1.29 bits per heavy atom. The molecule has 5 nitrogen and oxygen atoms in total. The van der Waals surface area contributed by atoms with Crippen LogP contribution in [0.5, 0.6) is 5.75 Å². The average molecular weight is 190 g/mol. The molecule has 2 N–H and O–H groups in total. The maximum atomic E-state index is 5.74. The van der Waals surface area contributed by atoms with Crippen LogP contribution in [0.15, 0.2) is 18.2 Å². The summed E-state index contributed by atoms with van der Waals surface area (Å²) in [5.41, 5.74) is 1.65. The van der Waals surface area contributed by atoms with Gasteiger partial charge in [0.15, 0.2) is 5.52 Å². The maximum absolute atomic E-state index is 5.74. The third kappa shape index (κ3) is 1.13. The number of benzene rings is 1. The number of ether oxygens (including phenoxy) is 1. The Kier molecular flexibility index (Phi) is 1.63. The zero-order valence-corrected chi connectivity index (χ0v) is 7.53. The Hall–Kier alpha value is -1.62. The third-order valence-electron chi connectivity index (χ3n) is 2.35. The van der Waals surface area contributed by atoms with Gasteiger partial charge in [-0.05, 0) is 12.1 Å². The molecule has 5 heteroatoms. The summed E-state index contributed by atoms with van der Waals surface area (Å²) < 4.78 is 5.74. The van der Waals surface area contributed by atoms with Crippen molar-refractivity contribution < 1.29 is 4.74 Å². The van der Waals surface area contributed by atoms with E-state index < -0.39 is 0 Å². The molecule has 0 atom stereocenters. The highest BCUT2D eigenvalue weighted by atomic mass is 16.5. The van der Waals surface area contributed by atoms with E-state index in [0.29, 0.717) is 0 Å². The Balaban J connectivity index is 1.97. The Morgan fingerprint density at radius 2 is 2.21 bits per heavy atom. The number of aromatic amines is 1. The Labute approximate surface area is 80.5 Å². The van der Waals surface area contributed by atoms with Crippen LogP contribution in [0.1, 0.15) is 0 Å². The van der Waals surface area contributed by atoms with Crippen molar-refractivity contribution in [3.05, 3.63) is 18.2 Å². The van der Waals surface area contributed by atoms with Crippen molar-refractivity contribution in [2.24, 2.45) is 0 Å². The standard InChI is InChI=1S/C9H10N4O/c1-2-7-9(12-13-11-7)8(3-1)14-6-4-10-5-6/h1-3,6,10H,4-5H2,(H,11,12,13). The van der Waals surface area contributed by atoms with Gasteiger partial charge in [0, 0.05) is 13.1 Å². The molecule has 2 heterocycles. The van der Waals surface area contributed by atoms with E-state index in [9.17, 15) is 0 Å². The van der Waals surface area contributed by atoms with Crippen LogP contribution in [-0.2, 0) is 0 Å². The lowest BCUT2D eigenvalue weighted by Crippen LogP contribution is -2.50. The second-order valence-electron chi connectivity index (χ2n) is 3.35. The summed E-state index contributed by atoms with van der Waals surface area (Å²) in [7, 11) is 0. The first-order valence-electron chi connectivity index (χ1n) is 4.60. The molecule has 1 saturated heterocycles. The molecule has 1 fully saturated rings. The molecule has 0 spiro atoms. The van der Waals surface area contributed by atoms with Gasteiger partial charge < -0.3 is 10.1 Å². The summed E-state index contributed by atoms with van der Waals surface area (Å²) in [6.07, 6.45) is 0.275. The van der Waals surface area contributed by atoms with Crippen LogP contribution in [0, 0.1) is 0 Å². The monoisotopic (exact) mass is 190 g/mol. The zero-order valence-electron chi connectivity index (χ0n) is 7.53. The third-order valence-corrected chi connectivity index (χ3v) is 2.35. The number of rotatable bonds is 2. The van der Waals surface area contributed by atoms with E-state index in [0.717, 1.165) is 29.9 Å². The van der Waals surface area contributed by atoms with Gasteiger partial charge in [0.2, 0.25) is 0 Å². The van der Waals surface area contributed by atoms with E-state index in [2.05, 4.69) is 20.7 Å². The molecule has 1 aromatic heterocycles. The first-order chi connectivity index (χ1) is 6.93. The minimum atomic E-state index is 0.275. The molecule has 1 aliphatic rings. The lowest BCUT2D eigenvalue weighted by atomic mass is 10.2. The highest BCUT2D eigenvalue weighted by molar-refractivity contribution is 5.80. The smallest absolute Gasteiger partial charge is 0.154 e. The molecule has 0 bridgehead atoms. The Bertz CT molecular complexity index is 449. The first kappa shape index (κ1) is 7.75. The van der Waals surface area contributed by atoms with E-state index in [1.165, 1.54) is 0 Å². The predicted octanol–water partition coefficient (Wildman–Crippen LogP) is 0.308. The van der Waals surface area contributed by atoms with E-state index in [4.69, 9.17) is 4.74 Å². The fourth-order valence-electron chi connectivity index (χ4n) is 1.46. The van der Waals surface area contributed by atoms with Crippen LogP contribution in [0.4, 0.5) is 0 Å². The number of nitrogens with zero attached hydrogens (tertiary/aromatic N) is 2. The molecular weight excluding hydrogens is 180 g/mol. The fraction of sp³-hybridized carbons (Fsp3) is 0.333. The van der Waals surface area contributed by atoms with E-state index >= 15 is 0 Å². The highest BCUT2D eigenvalue weighted by Crippen LogP contribution is 2.22. The average Bonchev–Trinajstić information content (AvgIpc) is 2.59. The van der Waals surface area contributed by atoms with Gasteiger partial charge in [-0.2, -0.15) is 15.4 Å². The maximum Gasteiger partial charge on any atom is 0.154 e. The van der Waals surface area contributed by atoms with Crippen molar-refractivity contribution in [2.45, 2.75) is 6.10 Å². The number of para-hydroxylation sites is 1. The van der Waals surface area contributed by atoms with Crippen molar-refractivity contribution in [2.75, 3.05) is 13.1 Å². The van der Waals surface area contributed by atoms with Crippen molar-refractivity contribution in [1.29, 1.82) is 0 Å². The van der Waals surface area contributed by atoms with Crippen LogP contribution in [-0.4, -0.2) is 34.6 Å². The van der Waals surface area contributed by atoms with Crippen LogP contribution < -0.4 is 10.1 Å². The number of hydrogen-bond acceptors (Lipinski definition) is 4. The lowest BCUT2D eigenvalue weighted by molar-refractivity contribution is 0.144. The fourth-order valence-corrected chi connectivity index (χ4v) is 1.46. The van der Waals surface area contributed by atoms with Crippen molar-refractivity contribution >= 4 is 11.0 Å². The molecule has 0 unspecified atom stereocenters. The van der Waals surface area contributed by atoms with Crippen LogP contribution in [0.25, 0.3) is 11.0 Å². The second-order valence-corrected chi connectivity index (χ2v) is 3.35. The Morgan fingerprint density at radius 3 is 3.00 bits per heavy atom. The number of nitrogens with one attached hydrogen (secondary N) is 2. The minimum Gasteiger partial charge on any atom is -0.485 e. The molecule has 14 heavy (non-hydrogen) atoms. The first-order valence-corrected chi connectivity index (χ1v) is 4.60. The minimum absolute atomic E-state index is 0.275. The molecular formula is C9H10N4O. The summed E-state index contributed by atoms with van der Waals surface area (Å²) in [6, 6.07) is 5.75. The molecule has 0 aliphatic carbocycles. The highest BCUT2D eigenvalue weighted by Gasteiger charge is 2.19.